The first-order chi connectivity index (χ1) is 6.04. The Morgan fingerprint density at radius 2 is 1.92 bits per heavy atom. The Balaban J connectivity index is 2.34. The fourth-order valence-corrected chi connectivity index (χ4v) is 1.41. The van der Waals surface area contributed by atoms with Crippen LogP contribution in [-0.4, -0.2) is 28.6 Å². The van der Waals surface area contributed by atoms with E-state index in [1.165, 1.54) is 19.4 Å². The van der Waals surface area contributed by atoms with E-state index in [4.69, 9.17) is 0 Å². The highest BCUT2D eigenvalue weighted by Crippen LogP contribution is 2.19. The van der Waals surface area contributed by atoms with Crippen molar-refractivity contribution in [1.82, 2.24) is 9.80 Å². The highest BCUT2D eigenvalue weighted by molar-refractivity contribution is 4.95. The van der Waals surface area contributed by atoms with Gasteiger partial charge in [-0.3, -0.25) is 0 Å². The van der Waals surface area contributed by atoms with E-state index in [2.05, 4.69) is 49.9 Å². The van der Waals surface area contributed by atoms with Crippen molar-refractivity contribution in [2.75, 3.05) is 13.2 Å². The highest BCUT2D eigenvalue weighted by atomic mass is 15.4. The Kier molecular flexibility index (Phi) is 3.23. The summed E-state index contributed by atoms with van der Waals surface area (Å²) in [7, 11) is 0. The summed E-state index contributed by atoms with van der Waals surface area (Å²) in [5.41, 5.74) is 0.261. The van der Waals surface area contributed by atoms with Crippen molar-refractivity contribution < 1.29 is 0 Å². The lowest BCUT2D eigenvalue weighted by molar-refractivity contribution is 0.161. The number of unbranched alkanes of at least 4 members (excludes halogenated alkanes) is 1. The van der Waals surface area contributed by atoms with Gasteiger partial charge in [-0.2, -0.15) is 0 Å². The molecular formula is C11H22N2. The van der Waals surface area contributed by atoms with Crippen LogP contribution in [0.3, 0.4) is 0 Å². The second-order valence-electron chi connectivity index (χ2n) is 4.75. The highest BCUT2D eigenvalue weighted by Gasteiger charge is 2.22. The van der Waals surface area contributed by atoms with Crippen molar-refractivity contribution >= 4 is 0 Å². The first-order valence-corrected chi connectivity index (χ1v) is 5.23. The van der Waals surface area contributed by atoms with E-state index in [0.717, 1.165) is 6.67 Å². The van der Waals surface area contributed by atoms with Gasteiger partial charge in [-0.15, -0.1) is 0 Å². The van der Waals surface area contributed by atoms with Gasteiger partial charge in [0.15, 0.2) is 0 Å². The summed E-state index contributed by atoms with van der Waals surface area (Å²) in [6.45, 7) is 11.2. The van der Waals surface area contributed by atoms with Crippen LogP contribution < -0.4 is 0 Å². The SMILES string of the molecule is CCCCN1C=CN(C(C)(C)C)C1. The molecule has 76 valence electrons. The van der Waals surface area contributed by atoms with Crippen LogP contribution in [0.25, 0.3) is 0 Å². The molecule has 0 saturated heterocycles. The van der Waals surface area contributed by atoms with Gasteiger partial charge in [-0.25, -0.2) is 0 Å². The number of rotatable bonds is 3. The average molecular weight is 182 g/mol. The Morgan fingerprint density at radius 3 is 2.38 bits per heavy atom. The monoisotopic (exact) mass is 182 g/mol. The summed E-state index contributed by atoms with van der Waals surface area (Å²) in [6, 6.07) is 0. The summed E-state index contributed by atoms with van der Waals surface area (Å²) >= 11 is 0. The van der Waals surface area contributed by atoms with E-state index in [1.54, 1.807) is 0 Å². The van der Waals surface area contributed by atoms with Crippen LogP contribution in [0.15, 0.2) is 12.4 Å². The van der Waals surface area contributed by atoms with Crippen LogP contribution in [0, 0.1) is 0 Å². The summed E-state index contributed by atoms with van der Waals surface area (Å²) in [6.07, 6.45) is 6.98. The molecule has 0 aromatic rings. The second kappa shape index (κ2) is 4.03. The van der Waals surface area contributed by atoms with Gasteiger partial charge >= 0.3 is 0 Å². The molecule has 0 amide bonds. The molecule has 0 N–H and O–H groups in total. The molecule has 2 nitrogen and oxygen atoms in total. The first-order valence-electron chi connectivity index (χ1n) is 5.23. The zero-order valence-corrected chi connectivity index (χ0v) is 9.38. The molecule has 0 fully saturated rings. The van der Waals surface area contributed by atoms with Gasteiger partial charge in [0, 0.05) is 24.5 Å². The van der Waals surface area contributed by atoms with Crippen molar-refractivity contribution in [2.24, 2.45) is 0 Å². The van der Waals surface area contributed by atoms with Crippen molar-refractivity contribution in [2.45, 2.75) is 46.1 Å². The smallest absolute Gasteiger partial charge is 0.0898 e. The standard InChI is InChI=1S/C11H22N2/c1-5-6-7-12-8-9-13(10-12)11(2,3)4/h8-9H,5-7,10H2,1-4H3. The maximum atomic E-state index is 2.38. The fourth-order valence-electron chi connectivity index (χ4n) is 1.41. The van der Waals surface area contributed by atoms with E-state index in [-0.39, 0.29) is 5.54 Å². The van der Waals surface area contributed by atoms with Crippen LogP contribution in [0.1, 0.15) is 40.5 Å². The lowest BCUT2D eigenvalue weighted by atomic mass is 10.1. The molecule has 0 aromatic carbocycles. The maximum Gasteiger partial charge on any atom is 0.0898 e. The molecule has 1 rings (SSSR count). The molecule has 0 unspecified atom stereocenters. The molecule has 0 saturated carbocycles. The fraction of sp³-hybridized carbons (Fsp3) is 0.818. The number of hydrogen-bond acceptors (Lipinski definition) is 2. The molecule has 0 atom stereocenters. The normalized spacial score (nSPS) is 17.2. The van der Waals surface area contributed by atoms with Crippen molar-refractivity contribution in [3.05, 3.63) is 12.4 Å². The predicted molar refractivity (Wildman–Crippen MR) is 57.2 cm³/mol. The van der Waals surface area contributed by atoms with Gasteiger partial charge in [-0.1, -0.05) is 13.3 Å². The summed E-state index contributed by atoms with van der Waals surface area (Å²) in [5.74, 6) is 0. The lowest BCUT2D eigenvalue weighted by Gasteiger charge is -2.33. The van der Waals surface area contributed by atoms with Crippen LogP contribution in [0.4, 0.5) is 0 Å². The van der Waals surface area contributed by atoms with E-state index >= 15 is 0 Å². The molecule has 13 heavy (non-hydrogen) atoms. The quantitative estimate of drug-likeness (QED) is 0.662. The molecule has 0 radical (unpaired) electrons. The molecule has 0 spiro atoms. The minimum absolute atomic E-state index is 0.261. The van der Waals surface area contributed by atoms with Gasteiger partial charge in [0.1, 0.15) is 0 Å². The third-order valence-electron chi connectivity index (χ3n) is 2.45. The zero-order valence-electron chi connectivity index (χ0n) is 9.38. The number of nitrogens with zero attached hydrogens (tertiary/aromatic N) is 2. The molecule has 0 aliphatic carbocycles. The Bertz CT molecular complexity index is 179. The number of hydrogen-bond donors (Lipinski definition) is 0. The molecule has 0 bridgehead atoms. The topological polar surface area (TPSA) is 6.48 Å². The molecule has 0 aromatic heterocycles. The van der Waals surface area contributed by atoms with Gasteiger partial charge in [0.05, 0.1) is 6.67 Å². The van der Waals surface area contributed by atoms with Crippen molar-refractivity contribution in [3.63, 3.8) is 0 Å². The second-order valence-corrected chi connectivity index (χ2v) is 4.75. The van der Waals surface area contributed by atoms with Gasteiger partial charge in [0.2, 0.25) is 0 Å². The Hall–Kier alpha value is -0.660. The van der Waals surface area contributed by atoms with Crippen molar-refractivity contribution in [1.29, 1.82) is 0 Å². The molecular weight excluding hydrogens is 160 g/mol. The third-order valence-corrected chi connectivity index (χ3v) is 2.45. The third kappa shape index (κ3) is 2.94. The summed E-state index contributed by atoms with van der Waals surface area (Å²) in [4.78, 5) is 4.76. The minimum atomic E-state index is 0.261. The van der Waals surface area contributed by atoms with Crippen LogP contribution in [0.2, 0.25) is 0 Å². The lowest BCUT2D eigenvalue weighted by Crippen LogP contribution is -2.39. The van der Waals surface area contributed by atoms with E-state index in [1.807, 2.05) is 0 Å². The minimum Gasteiger partial charge on any atom is -0.359 e. The van der Waals surface area contributed by atoms with E-state index < -0.39 is 0 Å². The largest absolute Gasteiger partial charge is 0.359 e. The Labute approximate surface area is 82.2 Å². The van der Waals surface area contributed by atoms with Crippen molar-refractivity contribution in [3.8, 4) is 0 Å². The predicted octanol–water partition coefficient (Wildman–Crippen LogP) is 2.63. The van der Waals surface area contributed by atoms with Crippen LogP contribution in [0.5, 0.6) is 0 Å². The van der Waals surface area contributed by atoms with Gasteiger partial charge < -0.3 is 9.80 Å². The first kappa shape index (κ1) is 10.4. The van der Waals surface area contributed by atoms with Crippen LogP contribution >= 0.6 is 0 Å². The maximum absolute atomic E-state index is 2.38. The molecule has 1 heterocycles. The average Bonchev–Trinajstić information content (AvgIpc) is 2.47. The van der Waals surface area contributed by atoms with E-state index in [0.29, 0.717) is 0 Å². The summed E-state index contributed by atoms with van der Waals surface area (Å²) < 4.78 is 0. The molecule has 1 aliphatic rings. The molecule has 1 aliphatic heterocycles. The van der Waals surface area contributed by atoms with Gasteiger partial charge in [-0.05, 0) is 27.2 Å². The Morgan fingerprint density at radius 1 is 1.23 bits per heavy atom. The van der Waals surface area contributed by atoms with Crippen LogP contribution in [-0.2, 0) is 0 Å². The summed E-state index contributed by atoms with van der Waals surface area (Å²) in [5, 5.41) is 0. The van der Waals surface area contributed by atoms with Gasteiger partial charge in [0.25, 0.3) is 0 Å². The molecule has 2 heteroatoms. The van der Waals surface area contributed by atoms with E-state index in [9.17, 15) is 0 Å². The zero-order chi connectivity index (χ0) is 9.90.